The summed E-state index contributed by atoms with van der Waals surface area (Å²) in [7, 11) is 0. The fourth-order valence-electron chi connectivity index (χ4n) is 4.20. The first-order chi connectivity index (χ1) is 15.1. The van der Waals surface area contributed by atoms with Crippen molar-refractivity contribution in [2.45, 2.75) is 137 Å². The average Bonchev–Trinajstić information content (AvgIpc) is 2.78. The molecule has 0 aliphatic heterocycles. The zero-order valence-corrected chi connectivity index (χ0v) is 24.0. The average molecular weight is 449 g/mol. The van der Waals surface area contributed by atoms with Crippen LogP contribution in [0, 0.1) is 0 Å². The molecule has 0 N–H and O–H groups in total. The molecule has 0 saturated carbocycles. The highest BCUT2D eigenvalue weighted by molar-refractivity contribution is 5.43. The molecule has 0 heterocycles. The Morgan fingerprint density at radius 2 is 0.606 bits per heavy atom. The van der Waals surface area contributed by atoms with Crippen molar-refractivity contribution in [3.8, 4) is 0 Å². The van der Waals surface area contributed by atoms with Gasteiger partial charge in [0.05, 0.1) is 0 Å². The third-order valence-corrected chi connectivity index (χ3v) is 9.06. The second-order valence-electron chi connectivity index (χ2n) is 13.0. The Morgan fingerprint density at radius 1 is 0.394 bits per heavy atom. The number of hydrogen-bond donors (Lipinski definition) is 0. The Balaban J connectivity index is 2.68. The predicted molar refractivity (Wildman–Crippen MR) is 149 cm³/mol. The molecule has 0 atom stereocenters. The van der Waals surface area contributed by atoms with Crippen LogP contribution in [0.2, 0.25) is 0 Å². The summed E-state index contributed by atoms with van der Waals surface area (Å²) in [6.45, 7) is 28.4. The van der Waals surface area contributed by atoms with Crippen molar-refractivity contribution in [3.05, 3.63) is 69.8 Å². The SMILES string of the molecule is CCC(C)(C)c1cc(Cc2cc(C(C)(C)CC)cc(C(C)(C)CC)c2)cc(C(C)(C)CC)c1. The van der Waals surface area contributed by atoms with Gasteiger partial charge in [-0.25, -0.2) is 0 Å². The molecule has 0 amide bonds. The Bertz CT molecular complexity index is 791. The molecule has 184 valence electrons. The first-order valence-corrected chi connectivity index (χ1v) is 13.4. The summed E-state index contributed by atoms with van der Waals surface area (Å²) in [5.41, 5.74) is 9.61. The predicted octanol–water partition coefficient (Wildman–Crippen LogP) is 10.0. The van der Waals surface area contributed by atoms with Crippen LogP contribution in [0.4, 0.5) is 0 Å². The summed E-state index contributed by atoms with van der Waals surface area (Å²) in [6.07, 6.45) is 5.60. The van der Waals surface area contributed by atoms with E-state index in [1.54, 1.807) is 0 Å². The topological polar surface area (TPSA) is 0 Å². The Morgan fingerprint density at radius 3 is 0.788 bits per heavy atom. The van der Waals surface area contributed by atoms with Gasteiger partial charge in [-0.1, -0.05) is 119 Å². The lowest BCUT2D eigenvalue weighted by molar-refractivity contribution is 0.487. The maximum Gasteiger partial charge on any atom is -0.00254 e. The summed E-state index contributed by atoms with van der Waals surface area (Å²) in [6, 6.07) is 14.9. The van der Waals surface area contributed by atoms with Gasteiger partial charge in [0, 0.05) is 0 Å². The Hall–Kier alpha value is -1.56. The third kappa shape index (κ3) is 6.32. The lowest BCUT2D eigenvalue weighted by atomic mass is 9.74. The van der Waals surface area contributed by atoms with Crippen LogP contribution in [0.3, 0.4) is 0 Å². The maximum atomic E-state index is 2.49. The number of benzene rings is 2. The standard InChI is InChI=1S/C33H52/c1-13-30(5,6)26-18-24(19-27(22-26)31(7,8)14-2)17-25-20-28(32(9,10)15-3)23-29(21-25)33(11,12)16-4/h18-23H,13-17H2,1-12H3. The minimum atomic E-state index is 0.190. The quantitative estimate of drug-likeness (QED) is 0.339. The molecule has 0 aromatic heterocycles. The van der Waals surface area contributed by atoms with E-state index in [9.17, 15) is 0 Å². The summed E-state index contributed by atoms with van der Waals surface area (Å²) in [4.78, 5) is 0. The molecule has 2 aromatic carbocycles. The molecule has 2 aromatic rings. The van der Waals surface area contributed by atoms with Gasteiger partial charge in [-0.05, 0) is 87.1 Å². The van der Waals surface area contributed by atoms with Gasteiger partial charge in [0.15, 0.2) is 0 Å². The summed E-state index contributed by atoms with van der Waals surface area (Å²) >= 11 is 0. The van der Waals surface area contributed by atoms with Crippen LogP contribution in [-0.4, -0.2) is 0 Å². The lowest BCUT2D eigenvalue weighted by Crippen LogP contribution is -2.21. The second kappa shape index (κ2) is 9.97. The van der Waals surface area contributed by atoms with E-state index >= 15 is 0 Å². The van der Waals surface area contributed by atoms with Crippen molar-refractivity contribution in [3.63, 3.8) is 0 Å². The highest BCUT2D eigenvalue weighted by atomic mass is 14.3. The van der Waals surface area contributed by atoms with Crippen molar-refractivity contribution in [2.24, 2.45) is 0 Å². The summed E-state index contributed by atoms with van der Waals surface area (Å²) < 4.78 is 0. The maximum absolute atomic E-state index is 2.49. The fraction of sp³-hybridized carbons (Fsp3) is 0.636. The molecule has 0 unspecified atom stereocenters. The van der Waals surface area contributed by atoms with E-state index in [2.05, 4.69) is 119 Å². The molecule has 0 nitrogen and oxygen atoms in total. The van der Waals surface area contributed by atoms with Gasteiger partial charge in [0.2, 0.25) is 0 Å². The summed E-state index contributed by atoms with van der Waals surface area (Å²) in [5, 5.41) is 0. The number of rotatable bonds is 10. The minimum Gasteiger partial charge on any atom is -0.0646 e. The Labute approximate surface area is 206 Å². The third-order valence-electron chi connectivity index (χ3n) is 9.06. The van der Waals surface area contributed by atoms with Gasteiger partial charge in [0.25, 0.3) is 0 Å². The van der Waals surface area contributed by atoms with Crippen LogP contribution in [0.5, 0.6) is 0 Å². The van der Waals surface area contributed by atoms with Crippen LogP contribution < -0.4 is 0 Å². The van der Waals surface area contributed by atoms with Crippen LogP contribution in [-0.2, 0) is 28.1 Å². The lowest BCUT2D eigenvalue weighted by Gasteiger charge is -2.31. The second-order valence-corrected chi connectivity index (χ2v) is 13.0. The van der Waals surface area contributed by atoms with Crippen LogP contribution >= 0.6 is 0 Å². The summed E-state index contributed by atoms with van der Waals surface area (Å²) in [5.74, 6) is 0. The Kier molecular flexibility index (Phi) is 8.36. The van der Waals surface area contributed by atoms with Gasteiger partial charge < -0.3 is 0 Å². The van der Waals surface area contributed by atoms with Crippen molar-refractivity contribution in [1.29, 1.82) is 0 Å². The molecular weight excluding hydrogens is 396 g/mol. The van der Waals surface area contributed by atoms with Crippen LogP contribution in [0.1, 0.15) is 142 Å². The highest BCUT2D eigenvalue weighted by Gasteiger charge is 2.26. The monoisotopic (exact) mass is 448 g/mol. The molecule has 0 fully saturated rings. The van der Waals surface area contributed by atoms with E-state index in [4.69, 9.17) is 0 Å². The smallest absolute Gasteiger partial charge is 0.00254 e. The van der Waals surface area contributed by atoms with Gasteiger partial charge in [0.1, 0.15) is 0 Å². The zero-order valence-electron chi connectivity index (χ0n) is 24.0. The van der Waals surface area contributed by atoms with Gasteiger partial charge in [-0.15, -0.1) is 0 Å². The van der Waals surface area contributed by atoms with Crippen molar-refractivity contribution < 1.29 is 0 Å². The van der Waals surface area contributed by atoms with E-state index in [1.807, 2.05) is 0 Å². The highest BCUT2D eigenvalue weighted by Crippen LogP contribution is 2.37. The first kappa shape index (κ1) is 27.7. The first-order valence-electron chi connectivity index (χ1n) is 13.4. The molecule has 0 radical (unpaired) electrons. The van der Waals surface area contributed by atoms with E-state index < -0.39 is 0 Å². The van der Waals surface area contributed by atoms with Crippen LogP contribution in [0.15, 0.2) is 36.4 Å². The van der Waals surface area contributed by atoms with Crippen molar-refractivity contribution in [1.82, 2.24) is 0 Å². The van der Waals surface area contributed by atoms with Crippen LogP contribution in [0.25, 0.3) is 0 Å². The minimum absolute atomic E-state index is 0.190. The molecule has 0 heteroatoms. The molecule has 0 aliphatic rings. The molecule has 0 spiro atoms. The van der Waals surface area contributed by atoms with Crippen molar-refractivity contribution in [2.75, 3.05) is 0 Å². The van der Waals surface area contributed by atoms with Gasteiger partial charge >= 0.3 is 0 Å². The molecule has 33 heavy (non-hydrogen) atoms. The number of hydrogen-bond acceptors (Lipinski definition) is 0. The molecule has 0 saturated heterocycles. The fourth-order valence-corrected chi connectivity index (χ4v) is 4.20. The van der Waals surface area contributed by atoms with Gasteiger partial charge in [-0.3, -0.25) is 0 Å². The molecular formula is C33H52. The van der Waals surface area contributed by atoms with E-state index in [1.165, 1.54) is 33.4 Å². The molecule has 0 bridgehead atoms. The normalized spacial score (nSPS) is 13.5. The van der Waals surface area contributed by atoms with Gasteiger partial charge in [-0.2, -0.15) is 0 Å². The molecule has 2 rings (SSSR count). The van der Waals surface area contributed by atoms with E-state index in [0.717, 1.165) is 32.1 Å². The molecule has 0 aliphatic carbocycles. The van der Waals surface area contributed by atoms with E-state index in [-0.39, 0.29) is 21.7 Å². The zero-order chi connectivity index (χ0) is 25.2. The van der Waals surface area contributed by atoms with E-state index in [0.29, 0.717) is 0 Å². The largest absolute Gasteiger partial charge is 0.0646 e. The van der Waals surface area contributed by atoms with Crippen molar-refractivity contribution >= 4 is 0 Å².